The van der Waals surface area contributed by atoms with Gasteiger partial charge in [0.05, 0.1) is 19.3 Å². The highest BCUT2D eigenvalue weighted by molar-refractivity contribution is 4.85. The molecule has 0 aromatic rings. The highest BCUT2D eigenvalue weighted by Crippen LogP contribution is 2.43. The summed E-state index contributed by atoms with van der Waals surface area (Å²) in [6, 6.07) is 0. The summed E-state index contributed by atoms with van der Waals surface area (Å²) in [6.45, 7) is 2.91. The molecule has 0 aromatic carbocycles. The lowest BCUT2D eigenvalue weighted by Gasteiger charge is -2.28. The van der Waals surface area contributed by atoms with E-state index in [1.165, 1.54) is 13.8 Å². The maximum atomic E-state index is 13.2. The minimum absolute atomic E-state index is 0.159. The highest BCUT2D eigenvalue weighted by atomic mass is 19.3. The molecule has 0 atom stereocenters. The molecule has 0 aromatic heterocycles. The second kappa shape index (κ2) is 6.05. The topological polar surface area (TPSA) is 0 Å². The van der Waals surface area contributed by atoms with Gasteiger partial charge in [0.1, 0.15) is 0 Å². The predicted molar refractivity (Wildman–Crippen MR) is 58.8 cm³/mol. The summed E-state index contributed by atoms with van der Waals surface area (Å²) in [5.41, 5.74) is 0. The summed E-state index contributed by atoms with van der Waals surface area (Å²) >= 11 is 0. The fourth-order valence-electron chi connectivity index (χ4n) is 2.01. The van der Waals surface area contributed by atoms with Crippen LogP contribution in [0.2, 0.25) is 0 Å². The lowest BCUT2D eigenvalue weighted by Crippen LogP contribution is -2.38. The van der Waals surface area contributed by atoms with E-state index in [0.29, 0.717) is 0 Å². The Balaban J connectivity index is 4.73. The van der Waals surface area contributed by atoms with E-state index < -0.39 is 55.3 Å². The molecule has 0 heterocycles. The Bertz CT molecular complexity index is 303. The SMILES string of the molecule is CC(C)CC(F)(F)CC(F)(F)CC(F)(F)CC(C)(F)F. The fraction of sp³-hybridized carbons (Fsp3) is 1.00. The van der Waals surface area contributed by atoms with E-state index in [1.54, 1.807) is 0 Å². The van der Waals surface area contributed by atoms with Crippen LogP contribution < -0.4 is 0 Å². The first-order valence-electron chi connectivity index (χ1n) is 6.05. The van der Waals surface area contributed by atoms with Crippen molar-refractivity contribution in [2.75, 3.05) is 0 Å². The molecule has 0 saturated carbocycles. The first kappa shape index (κ1) is 19.4. The molecular formula is C12H18F8. The van der Waals surface area contributed by atoms with Crippen LogP contribution in [0.3, 0.4) is 0 Å². The summed E-state index contributed by atoms with van der Waals surface area (Å²) in [5.74, 6) is -17.1. The summed E-state index contributed by atoms with van der Waals surface area (Å²) in [7, 11) is 0. The number of rotatable bonds is 8. The van der Waals surface area contributed by atoms with Crippen LogP contribution in [0, 0.1) is 5.92 Å². The van der Waals surface area contributed by atoms with Gasteiger partial charge in [-0.2, -0.15) is 0 Å². The van der Waals surface area contributed by atoms with Crippen LogP contribution in [0.15, 0.2) is 0 Å². The minimum atomic E-state index is -4.41. The van der Waals surface area contributed by atoms with Crippen molar-refractivity contribution in [3.8, 4) is 0 Å². The average molecular weight is 314 g/mol. The second-order valence-corrected chi connectivity index (χ2v) is 5.77. The quantitative estimate of drug-likeness (QED) is 0.499. The molecule has 0 nitrogen and oxygen atoms in total. The molecule has 20 heavy (non-hydrogen) atoms. The monoisotopic (exact) mass is 314 g/mol. The Hall–Kier alpha value is -0.560. The second-order valence-electron chi connectivity index (χ2n) is 5.77. The van der Waals surface area contributed by atoms with Gasteiger partial charge in [-0.1, -0.05) is 13.8 Å². The molecule has 0 aliphatic heterocycles. The molecule has 122 valence electrons. The predicted octanol–water partition coefficient (Wildman–Crippen LogP) is 5.76. The third-order valence-electron chi connectivity index (χ3n) is 2.31. The van der Waals surface area contributed by atoms with Crippen molar-refractivity contribution < 1.29 is 35.1 Å². The standard InChI is InChI=1S/C12H18F8/c1-8(2)4-10(15,16)6-12(19,20)7-11(17,18)5-9(3,13)14/h8H,4-7H2,1-3H3. The van der Waals surface area contributed by atoms with E-state index in [4.69, 9.17) is 0 Å². The van der Waals surface area contributed by atoms with Crippen molar-refractivity contribution >= 4 is 0 Å². The molecule has 0 spiro atoms. The molecule has 0 bridgehead atoms. The van der Waals surface area contributed by atoms with Gasteiger partial charge < -0.3 is 0 Å². The van der Waals surface area contributed by atoms with Crippen molar-refractivity contribution in [2.45, 2.75) is 70.1 Å². The van der Waals surface area contributed by atoms with Gasteiger partial charge in [-0.3, -0.25) is 0 Å². The Labute approximate surface area is 112 Å². The van der Waals surface area contributed by atoms with Crippen LogP contribution in [-0.4, -0.2) is 23.7 Å². The smallest absolute Gasteiger partial charge is 0.207 e. The van der Waals surface area contributed by atoms with Crippen LogP contribution in [-0.2, 0) is 0 Å². The fourth-order valence-corrected chi connectivity index (χ4v) is 2.01. The molecular weight excluding hydrogens is 296 g/mol. The van der Waals surface area contributed by atoms with Gasteiger partial charge in [0, 0.05) is 6.42 Å². The van der Waals surface area contributed by atoms with Gasteiger partial charge in [-0.25, -0.2) is 35.1 Å². The van der Waals surface area contributed by atoms with Crippen LogP contribution in [0.1, 0.15) is 46.5 Å². The zero-order valence-electron chi connectivity index (χ0n) is 11.4. The summed E-state index contributed by atoms with van der Waals surface area (Å²) in [6.07, 6.45) is -7.34. The minimum Gasteiger partial charge on any atom is -0.207 e. The van der Waals surface area contributed by atoms with E-state index in [2.05, 4.69) is 0 Å². The van der Waals surface area contributed by atoms with Gasteiger partial charge in [-0.15, -0.1) is 0 Å². The number of hydrogen-bond acceptors (Lipinski definition) is 0. The van der Waals surface area contributed by atoms with Gasteiger partial charge in [-0.05, 0) is 12.8 Å². The van der Waals surface area contributed by atoms with Gasteiger partial charge >= 0.3 is 0 Å². The van der Waals surface area contributed by atoms with E-state index >= 15 is 0 Å². The summed E-state index contributed by atoms with van der Waals surface area (Å²) < 4.78 is 104. The Morgan fingerprint density at radius 2 is 1.00 bits per heavy atom. The average Bonchev–Trinajstić information content (AvgIpc) is 1.86. The molecule has 0 rings (SSSR count). The van der Waals surface area contributed by atoms with Crippen molar-refractivity contribution in [3.05, 3.63) is 0 Å². The zero-order valence-corrected chi connectivity index (χ0v) is 11.4. The summed E-state index contributed by atoms with van der Waals surface area (Å²) in [4.78, 5) is 0. The first-order valence-corrected chi connectivity index (χ1v) is 6.05. The lowest BCUT2D eigenvalue weighted by atomic mass is 9.95. The third-order valence-corrected chi connectivity index (χ3v) is 2.31. The Morgan fingerprint density at radius 1 is 0.650 bits per heavy atom. The highest BCUT2D eigenvalue weighted by Gasteiger charge is 2.51. The molecule has 0 aliphatic carbocycles. The maximum Gasteiger partial charge on any atom is 0.259 e. The molecule has 8 heteroatoms. The van der Waals surface area contributed by atoms with Gasteiger partial charge in [0.15, 0.2) is 0 Å². The lowest BCUT2D eigenvalue weighted by molar-refractivity contribution is -0.178. The number of halogens is 8. The van der Waals surface area contributed by atoms with Crippen molar-refractivity contribution in [2.24, 2.45) is 5.92 Å². The Kier molecular flexibility index (Phi) is 5.88. The number of alkyl halides is 8. The molecule has 0 radical (unpaired) electrons. The van der Waals surface area contributed by atoms with Crippen molar-refractivity contribution in [3.63, 3.8) is 0 Å². The Morgan fingerprint density at radius 3 is 1.35 bits per heavy atom. The van der Waals surface area contributed by atoms with E-state index in [1.807, 2.05) is 0 Å². The number of hydrogen-bond donors (Lipinski definition) is 0. The normalized spacial score (nSPS) is 15.0. The maximum absolute atomic E-state index is 13.2. The van der Waals surface area contributed by atoms with Crippen molar-refractivity contribution in [1.29, 1.82) is 0 Å². The molecule has 0 fully saturated rings. The molecule has 0 amide bonds. The van der Waals surface area contributed by atoms with Gasteiger partial charge in [0.2, 0.25) is 0 Å². The third kappa shape index (κ3) is 9.36. The van der Waals surface area contributed by atoms with Crippen LogP contribution in [0.25, 0.3) is 0 Å². The van der Waals surface area contributed by atoms with Crippen LogP contribution >= 0.6 is 0 Å². The summed E-state index contributed by atoms with van der Waals surface area (Å²) in [5, 5.41) is 0. The van der Waals surface area contributed by atoms with E-state index in [9.17, 15) is 35.1 Å². The molecule has 0 saturated heterocycles. The van der Waals surface area contributed by atoms with Crippen molar-refractivity contribution in [1.82, 2.24) is 0 Å². The van der Waals surface area contributed by atoms with Gasteiger partial charge in [0.25, 0.3) is 23.7 Å². The molecule has 0 N–H and O–H groups in total. The van der Waals surface area contributed by atoms with Crippen LogP contribution in [0.5, 0.6) is 0 Å². The largest absolute Gasteiger partial charge is 0.259 e. The van der Waals surface area contributed by atoms with Crippen LogP contribution in [0.4, 0.5) is 35.1 Å². The molecule has 0 aliphatic rings. The zero-order chi connectivity index (χ0) is 16.4. The van der Waals surface area contributed by atoms with E-state index in [0.717, 1.165) is 0 Å². The molecule has 0 unspecified atom stereocenters. The van der Waals surface area contributed by atoms with E-state index in [-0.39, 0.29) is 6.92 Å². The first-order chi connectivity index (χ1) is 8.54.